The number of rotatable bonds is 6. The van der Waals surface area contributed by atoms with Gasteiger partial charge < -0.3 is 5.73 Å². The Morgan fingerprint density at radius 2 is 1.71 bits per heavy atom. The molecule has 0 bridgehead atoms. The summed E-state index contributed by atoms with van der Waals surface area (Å²) in [4.78, 5) is 0. The van der Waals surface area contributed by atoms with E-state index in [4.69, 9.17) is 5.73 Å². The molecule has 0 heterocycles. The maximum atomic E-state index is 11.5. The third-order valence-electron chi connectivity index (χ3n) is 2.96. The Kier molecular flexibility index (Phi) is 2.81. The van der Waals surface area contributed by atoms with E-state index in [-0.39, 0.29) is 18.3 Å². The lowest BCUT2D eigenvalue weighted by molar-refractivity contribution is 0.471. The molecule has 0 aromatic carbocycles. The molecule has 2 fully saturated rings. The molecule has 2 saturated carbocycles. The van der Waals surface area contributed by atoms with E-state index in [1.165, 1.54) is 25.7 Å². The molecule has 3 N–H and O–H groups in total. The molecular weight excluding hydrogens is 200 g/mol. The molecule has 14 heavy (non-hydrogen) atoms. The van der Waals surface area contributed by atoms with Crippen LogP contribution in [0.5, 0.6) is 0 Å². The Morgan fingerprint density at radius 1 is 1.21 bits per heavy atom. The van der Waals surface area contributed by atoms with Gasteiger partial charge in [-0.1, -0.05) is 0 Å². The first-order valence-electron chi connectivity index (χ1n) is 5.32. The van der Waals surface area contributed by atoms with Gasteiger partial charge in [-0.15, -0.1) is 0 Å². The van der Waals surface area contributed by atoms with E-state index in [9.17, 15) is 8.42 Å². The van der Waals surface area contributed by atoms with E-state index in [2.05, 4.69) is 4.72 Å². The predicted octanol–water partition coefficient (Wildman–Crippen LogP) is 0.0531. The first-order valence-corrected chi connectivity index (χ1v) is 6.97. The zero-order chi connectivity index (χ0) is 10.2. The highest BCUT2D eigenvalue weighted by molar-refractivity contribution is 7.89. The number of nitrogens with one attached hydrogen (secondary N) is 1. The number of nitrogens with two attached hydrogens (primary N) is 1. The Balaban J connectivity index is 1.92. The molecule has 0 radical (unpaired) electrons. The van der Waals surface area contributed by atoms with Gasteiger partial charge in [0.05, 0.1) is 5.75 Å². The summed E-state index contributed by atoms with van der Waals surface area (Å²) in [6.45, 7) is 0.206. The molecule has 2 aliphatic rings. The van der Waals surface area contributed by atoms with Crippen LogP contribution in [0.15, 0.2) is 0 Å². The molecule has 0 aliphatic heterocycles. The monoisotopic (exact) mass is 218 g/mol. The average molecular weight is 218 g/mol. The van der Waals surface area contributed by atoms with Crippen molar-refractivity contribution in [3.05, 3.63) is 0 Å². The van der Waals surface area contributed by atoms with Crippen molar-refractivity contribution < 1.29 is 8.42 Å². The molecule has 0 amide bonds. The molecule has 0 saturated heterocycles. The highest BCUT2D eigenvalue weighted by Crippen LogP contribution is 2.44. The largest absolute Gasteiger partial charge is 0.329 e. The van der Waals surface area contributed by atoms with Crippen LogP contribution in [0.1, 0.15) is 25.7 Å². The molecule has 4 nitrogen and oxygen atoms in total. The van der Waals surface area contributed by atoms with Gasteiger partial charge in [-0.3, -0.25) is 0 Å². The van der Waals surface area contributed by atoms with Gasteiger partial charge in [0.25, 0.3) is 0 Å². The van der Waals surface area contributed by atoms with E-state index in [1.807, 2.05) is 0 Å². The number of hydrogen-bond acceptors (Lipinski definition) is 3. The SMILES string of the molecule is NCCS(=O)(=O)NC(C1CC1)C1CC1. The van der Waals surface area contributed by atoms with Crippen LogP contribution in [0.3, 0.4) is 0 Å². The quantitative estimate of drug-likeness (QED) is 0.662. The van der Waals surface area contributed by atoms with Crippen molar-refractivity contribution in [3.8, 4) is 0 Å². The van der Waals surface area contributed by atoms with E-state index in [0.717, 1.165) is 0 Å². The highest BCUT2D eigenvalue weighted by Gasteiger charge is 2.43. The number of sulfonamides is 1. The first kappa shape index (κ1) is 10.4. The zero-order valence-electron chi connectivity index (χ0n) is 8.28. The first-order chi connectivity index (χ1) is 6.62. The van der Waals surface area contributed by atoms with Gasteiger partial charge in [-0.25, -0.2) is 13.1 Å². The summed E-state index contributed by atoms with van der Waals surface area (Å²) < 4.78 is 25.8. The van der Waals surface area contributed by atoms with Gasteiger partial charge in [-0.05, 0) is 37.5 Å². The van der Waals surface area contributed by atoms with Crippen molar-refractivity contribution in [1.29, 1.82) is 0 Å². The smallest absolute Gasteiger partial charge is 0.213 e. The average Bonchev–Trinajstić information content (AvgIpc) is 2.96. The van der Waals surface area contributed by atoms with E-state index in [0.29, 0.717) is 11.8 Å². The Bertz CT molecular complexity index is 282. The standard InChI is InChI=1S/C9H18N2O2S/c10-5-6-14(12,13)11-9(7-1-2-7)8-3-4-8/h7-9,11H,1-6,10H2. The van der Waals surface area contributed by atoms with Crippen molar-refractivity contribution in [1.82, 2.24) is 4.72 Å². The van der Waals surface area contributed by atoms with Crippen LogP contribution < -0.4 is 10.5 Å². The summed E-state index contributed by atoms with van der Waals surface area (Å²) in [5, 5.41) is 0. The second-order valence-electron chi connectivity index (χ2n) is 4.43. The molecule has 2 aliphatic carbocycles. The Labute approximate surface area is 85.3 Å². The minimum atomic E-state index is -3.12. The van der Waals surface area contributed by atoms with Crippen molar-refractivity contribution in [2.75, 3.05) is 12.3 Å². The van der Waals surface area contributed by atoms with Crippen LogP contribution >= 0.6 is 0 Å². The summed E-state index contributed by atoms with van der Waals surface area (Å²) >= 11 is 0. The normalized spacial score (nSPS) is 23.0. The van der Waals surface area contributed by atoms with E-state index < -0.39 is 10.0 Å². The molecule has 0 aromatic heterocycles. The molecule has 0 aromatic rings. The maximum Gasteiger partial charge on any atom is 0.213 e. The van der Waals surface area contributed by atoms with Gasteiger partial charge in [0.2, 0.25) is 10.0 Å². The van der Waals surface area contributed by atoms with Crippen molar-refractivity contribution in [2.24, 2.45) is 17.6 Å². The van der Waals surface area contributed by atoms with Gasteiger partial charge in [0.1, 0.15) is 0 Å². The third-order valence-corrected chi connectivity index (χ3v) is 4.37. The maximum absolute atomic E-state index is 11.5. The molecule has 0 unspecified atom stereocenters. The fourth-order valence-electron chi connectivity index (χ4n) is 1.91. The van der Waals surface area contributed by atoms with Crippen LogP contribution in [-0.2, 0) is 10.0 Å². The number of hydrogen-bond donors (Lipinski definition) is 2. The predicted molar refractivity (Wildman–Crippen MR) is 55.2 cm³/mol. The van der Waals surface area contributed by atoms with Crippen LogP contribution in [0, 0.1) is 11.8 Å². The summed E-state index contributed by atoms with van der Waals surface area (Å²) in [5.41, 5.74) is 5.25. The second kappa shape index (κ2) is 3.79. The molecule has 82 valence electrons. The molecule has 0 spiro atoms. The van der Waals surface area contributed by atoms with Crippen molar-refractivity contribution in [2.45, 2.75) is 31.7 Å². The zero-order valence-corrected chi connectivity index (χ0v) is 9.09. The van der Waals surface area contributed by atoms with Gasteiger partial charge in [0, 0.05) is 12.6 Å². The lowest BCUT2D eigenvalue weighted by Crippen LogP contribution is -2.40. The molecule has 2 rings (SSSR count). The Morgan fingerprint density at radius 3 is 2.07 bits per heavy atom. The molecule has 5 heteroatoms. The fraction of sp³-hybridized carbons (Fsp3) is 1.00. The minimum Gasteiger partial charge on any atom is -0.329 e. The highest BCUT2D eigenvalue weighted by atomic mass is 32.2. The van der Waals surface area contributed by atoms with Crippen molar-refractivity contribution in [3.63, 3.8) is 0 Å². The summed E-state index contributed by atoms with van der Waals surface area (Å²) in [6.07, 6.45) is 4.75. The van der Waals surface area contributed by atoms with Crippen LogP contribution in [-0.4, -0.2) is 26.8 Å². The molecular formula is C9H18N2O2S. The van der Waals surface area contributed by atoms with E-state index in [1.54, 1.807) is 0 Å². The summed E-state index contributed by atoms with van der Waals surface area (Å²) in [6, 6.07) is 0.214. The third kappa shape index (κ3) is 2.68. The van der Waals surface area contributed by atoms with Crippen LogP contribution in [0.2, 0.25) is 0 Å². The topological polar surface area (TPSA) is 72.2 Å². The Hall–Kier alpha value is -0.130. The molecule has 0 atom stereocenters. The van der Waals surface area contributed by atoms with Crippen LogP contribution in [0.4, 0.5) is 0 Å². The fourth-order valence-corrected chi connectivity index (χ4v) is 3.14. The van der Waals surface area contributed by atoms with Gasteiger partial charge >= 0.3 is 0 Å². The lowest BCUT2D eigenvalue weighted by atomic mass is 10.1. The lowest BCUT2D eigenvalue weighted by Gasteiger charge is -2.17. The van der Waals surface area contributed by atoms with Crippen LogP contribution in [0.25, 0.3) is 0 Å². The summed E-state index contributed by atoms with van der Waals surface area (Å²) in [5.74, 6) is 1.27. The minimum absolute atomic E-state index is 0.0585. The van der Waals surface area contributed by atoms with Gasteiger partial charge in [-0.2, -0.15) is 0 Å². The van der Waals surface area contributed by atoms with E-state index >= 15 is 0 Å². The summed E-state index contributed by atoms with van der Waals surface area (Å²) in [7, 11) is -3.12. The second-order valence-corrected chi connectivity index (χ2v) is 6.30. The van der Waals surface area contributed by atoms with Gasteiger partial charge in [0.15, 0.2) is 0 Å². The van der Waals surface area contributed by atoms with Crippen molar-refractivity contribution >= 4 is 10.0 Å².